The van der Waals surface area contributed by atoms with Crippen LogP contribution in [0.4, 0.5) is 0 Å². The van der Waals surface area contributed by atoms with Crippen molar-refractivity contribution in [2.75, 3.05) is 33.7 Å². The first-order valence-corrected chi connectivity index (χ1v) is 8.96. The summed E-state index contributed by atoms with van der Waals surface area (Å²) in [5, 5.41) is 3.28. The number of carbonyl (C=O) groups excluding carboxylic acids is 1. The first-order valence-electron chi connectivity index (χ1n) is 8.96. The van der Waals surface area contributed by atoms with E-state index in [-0.39, 0.29) is 5.91 Å². The van der Waals surface area contributed by atoms with Gasteiger partial charge in [-0.25, -0.2) is 0 Å². The fraction of sp³-hybridized carbons (Fsp3) is 0.500. The number of allylic oxidation sites excluding steroid dienone is 1. The van der Waals surface area contributed by atoms with E-state index in [1.54, 1.807) is 4.90 Å². The normalized spacial score (nSPS) is 11.1. The van der Waals surface area contributed by atoms with E-state index in [1.165, 1.54) is 0 Å². The Labute approximate surface area is 152 Å². The highest BCUT2D eigenvalue weighted by molar-refractivity contribution is 5.80. The molecule has 0 aliphatic heterocycles. The molecule has 0 radical (unpaired) electrons. The maximum atomic E-state index is 12.3. The standard InChI is InChI=1S/C20H32N4O/c1-5-7-11-16-23(3)20(21-6-2)22-15-14-19(25)24(4)17-18-12-9-8-10-13-18/h5,8-10,12-13H,1,6-7,11,14-17H2,2-4H3,(H,21,22). The Morgan fingerprint density at radius 2 is 1.96 bits per heavy atom. The summed E-state index contributed by atoms with van der Waals surface area (Å²) in [4.78, 5) is 20.7. The number of benzene rings is 1. The molecular formula is C20H32N4O. The molecule has 0 fully saturated rings. The van der Waals surface area contributed by atoms with E-state index in [2.05, 4.69) is 21.8 Å². The summed E-state index contributed by atoms with van der Waals surface area (Å²) in [6.07, 6.45) is 4.38. The van der Waals surface area contributed by atoms with Crippen LogP contribution < -0.4 is 5.32 Å². The minimum absolute atomic E-state index is 0.109. The fourth-order valence-corrected chi connectivity index (χ4v) is 2.44. The molecule has 1 rings (SSSR count). The van der Waals surface area contributed by atoms with E-state index in [0.717, 1.165) is 37.5 Å². The number of hydrogen-bond acceptors (Lipinski definition) is 2. The minimum Gasteiger partial charge on any atom is -0.357 e. The number of unbranched alkanes of at least 4 members (excludes halogenated alkanes) is 1. The van der Waals surface area contributed by atoms with Gasteiger partial charge in [-0.1, -0.05) is 36.4 Å². The molecule has 0 unspecified atom stereocenters. The van der Waals surface area contributed by atoms with Gasteiger partial charge in [-0.3, -0.25) is 9.79 Å². The van der Waals surface area contributed by atoms with Crippen molar-refractivity contribution in [3.8, 4) is 0 Å². The fourth-order valence-electron chi connectivity index (χ4n) is 2.44. The zero-order valence-corrected chi connectivity index (χ0v) is 15.9. The van der Waals surface area contributed by atoms with Crippen LogP contribution in [0.25, 0.3) is 0 Å². The molecule has 0 aliphatic carbocycles. The summed E-state index contributed by atoms with van der Waals surface area (Å²) < 4.78 is 0. The molecular weight excluding hydrogens is 312 g/mol. The number of nitrogens with zero attached hydrogens (tertiary/aromatic N) is 3. The van der Waals surface area contributed by atoms with Crippen LogP contribution in [0.1, 0.15) is 31.7 Å². The van der Waals surface area contributed by atoms with E-state index in [9.17, 15) is 4.79 Å². The second-order valence-corrected chi connectivity index (χ2v) is 6.07. The van der Waals surface area contributed by atoms with Crippen molar-refractivity contribution in [2.45, 2.75) is 32.7 Å². The Bertz CT molecular complexity index is 542. The molecule has 0 saturated carbocycles. The van der Waals surface area contributed by atoms with Gasteiger partial charge in [0.1, 0.15) is 0 Å². The van der Waals surface area contributed by atoms with Crippen LogP contribution >= 0.6 is 0 Å². The zero-order valence-electron chi connectivity index (χ0n) is 15.9. The molecule has 1 aromatic rings. The molecule has 1 N–H and O–H groups in total. The van der Waals surface area contributed by atoms with Gasteiger partial charge in [-0.2, -0.15) is 0 Å². The second kappa shape index (κ2) is 12.1. The third-order valence-electron chi connectivity index (χ3n) is 3.87. The van der Waals surface area contributed by atoms with E-state index < -0.39 is 0 Å². The van der Waals surface area contributed by atoms with Gasteiger partial charge >= 0.3 is 0 Å². The number of carbonyl (C=O) groups is 1. The van der Waals surface area contributed by atoms with Gasteiger partial charge in [-0.15, -0.1) is 6.58 Å². The number of hydrogen-bond donors (Lipinski definition) is 1. The van der Waals surface area contributed by atoms with Crippen molar-refractivity contribution in [2.24, 2.45) is 4.99 Å². The molecule has 25 heavy (non-hydrogen) atoms. The Morgan fingerprint density at radius 3 is 2.60 bits per heavy atom. The van der Waals surface area contributed by atoms with Crippen LogP contribution in [0, 0.1) is 0 Å². The summed E-state index contributed by atoms with van der Waals surface area (Å²) in [6, 6.07) is 10.0. The van der Waals surface area contributed by atoms with Gasteiger partial charge in [-0.05, 0) is 25.3 Å². The first-order chi connectivity index (χ1) is 12.1. The summed E-state index contributed by atoms with van der Waals surface area (Å²) in [5.41, 5.74) is 1.14. The monoisotopic (exact) mass is 344 g/mol. The Morgan fingerprint density at radius 1 is 1.24 bits per heavy atom. The molecule has 0 saturated heterocycles. The highest BCUT2D eigenvalue weighted by atomic mass is 16.2. The van der Waals surface area contributed by atoms with Crippen molar-refractivity contribution in [3.63, 3.8) is 0 Å². The van der Waals surface area contributed by atoms with Crippen LogP contribution in [0.15, 0.2) is 48.0 Å². The van der Waals surface area contributed by atoms with Gasteiger partial charge < -0.3 is 15.1 Å². The third-order valence-corrected chi connectivity index (χ3v) is 3.87. The van der Waals surface area contributed by atoms with E-state index in [4.69, 9.17) is 0 Å². The van der Waals surface area contributed by atoms with E-state index in [0.29, 0.717) is 19.5 Å². The van der Waals surface area contributed by atoms with Crippen molar-refractivity contribution in [1.29, 1.82) is 0 Å². The average Bonchev–Trinajstić information content (AvgIpc) is 2.61. The molecule has 1 amide bonds. The lowest BCUT2D eigenvalue weighted by Gasteiger charge is -2.22. The lowest BCUT2D eigenvalue weighted by atomic mass is 10.2. The lowest BCUT2D eigenvalue weighted by molar-refractivity contribution is -0.130. The van der Waals surface area contributed by atoms with Gasteiger partial charge in [0.25, 0.3) is 0 Å². The zero-order chi connectivity index (χ0) is 18.5. The van der Waals surface area contributed by atoms with Crippen LogP contribution in [-0.2, 0) is 11.3 Å². The topological polar surface area (TPSA) is 47.9 Å². The van der Waals surface area contributed by atoms with Crippen molar-refractivity contribution >= 4 is 11.9 Å². The van der Waals surface area contributed by atoms with Crippen LogP contribution in [-0.4, -0.2) is 55.4 Å². The first kappa shape index (κ1) is 20.7. The number of amides is 1. The highest BCUT2D eigenvalue weighted by Gasteiger charge is 2.10. The number of aliphatic imine (C=N–C) groups is 1. The quantitative estimate of drug-likeness (QED) is 0.307. The SMILES string of the molecule is C=CCCCN(C)C(=NCCC(=O)N(C)Cc1ccccc1)NCC. The maximum Gasteiger partial charge on any atom is 0.224 e. The predicted octanol–water partition coefficient (Wildman–Crippen LogP) is 2.90. The predicted molar refractivity (Wildman–Crippen MR) is 106 cm³/mol. The van der Waals surface area contributed by atoms with Gasteiger partial charge in [0.2, 0.25) is 5.91 Å². The number of rotatable bonds is 10. The average molecular weight is 345 g/mol. The second-order valence-electron chi connectivity index (χ2n) is 6.07. The van der Waals surface area contributed by atoms with Gasteiger partial charge in [0.15, 0.2) is 5.96 Å². The van der Waals surface area contributed by atoms with Gasteiger partial charge in [0, 0.05) is 40.2 Å². The molecule has 0 heterocycles. The summed E-state index contributed by atoms with van der Waals surface area (Å²) in [7, 11) is 3.86. The Kier molecular flexibility index (Phi) is 10.1. The van der Waals surface area contributed by atoms with E-state index in [1.807, 2.05) is 57.4 Å². The molecule has 0 aliphatic rings. The lowest BCUT2D eigenvalue weighted by Crippen LogP contribution is -2.39. The number of guanidine groups is 1. The molecule has 0 aromatic heterocycles. The van der Waals surface area contributed by atoms with Crippen LogP contribution in [0.2, 0.25) is 0 Å². The van der Waals surface area contributed by atoms with Crippen molar-refractivity contribution < 1.29 is 4.79 Å². The summed E-state index contributed by atoms with van der Waals surface area (Å²) in [6.45, 7) is 8.65. The largest absolute Gasteiger partial charge is 0.357 e. The molecule has 138 valence electrons. The molecule has 0 bridgehead atoms. The molecule has 0 atom stereocenters. The Balaban J connectivity index is 2.47. The minimum atomic E-state index is 0.109. The molecule has 1 aromatic carbocycles. The smallest absolute Gasteiger partial charge is 0.224 e. The molecule has 5 nitrogen and oxygen atoms in total. The molecule has 5 heteroatoms. The summed E-state index contributed by atoms with van der Waals surface area (Å²) in [5.74, 6) is 0.961. The van der Waals surface area contributed by atoms with Gasteiger partial charge in [0.05, 0.1) is 6.54 Å². The number of nitrogens with one attached hydrogen (secondary N) is 1. The summed E-state index contributed by atoms with van der Waals surface area (Å²) >= 11 is 0. The molecule has 0 spiro atoms. The van der Waals surface area contributed by atoms with Crippen LogP contribution in [0.3, 0.4) is 0 Å². The Hall–Kier alpha value is -2.30. The van der Waals surface area contributed by atoms with Crippen molar-refractivity contribution in [3.05, 3.63) is 48.6 Å². The van der Waals surface area contributed by atoms with E-state index >= 15 is 0 Å². The maximum absolute atomic E-state index is 12.3. The highest BCUT2D eigenvalue weighted by Crippen LogP contribution is 2.04. The van der Waals surface area contributed by atoms with Crippen LogP contribution in [0.5, 0.6) is 0 Å². The van der Waals surface area contributed by atoms with Crippen molar-refractivity contribution in [1.82, 2.24) is 15.1 Å². The third kappa shape index (κ3) is 8.38.